The fourth-order valence-corrected chi connectivity index (χ4v) is 2.89. The van der Waals surface area contributed by atoms with Crippen molar-refractivity contribution in [2.24, 2.45) is 5.92 Å². The molecule has 2 rings (SSSR count). The lowest BCUT2D eigenvalue weighted by atomic mass is 9.90. The Morgan fingerprint density at radius 3 is 2.33 bits per heavy atom. The van der Waals surface area contributed by atoms with Gasteiger partial charge in [0.1, 0.15) is 0 Å². The van der Waals surface area contributed by atoms with Gasteiger partial charge in [-0.3, -0.25) is 4.79 Å². The maximum Gasteiger partial charge on any atom is 0.232 e. The number of amides is 1. The molecule has 128 valence electrons. The molecule has 2 atom stereocenters. The van der Waals surface area contributed by atoms with Crippen molar-refractivity contribution in [2.45, 2.75) is 32.3 Å². The van der Waals surface area contributed by atoms with Gasteiger partial charge in [0.25, 0.3) is 0 Å². The van der Waals surface area contributed by atoms with E-state index in [1.807, 2.05) is 30.3 Å². The molecule has 0 aliphatic heterocycles. The summed E-state index contributed by atoms with van der Waals surface area (Å²) in [6.45, 7) is 2.08. The van der Waals surface area contributed by atoms with E-state index >= 15 is 0 Å². The standard InChI is InChI=1S/C20H24ClNO2/c1-3-4-10-18(19(23)15-11-13-16(21)14-12-15)20(24)22(2)17-8-6-5-7-9-17/h5-9,11-14,18-19,23H,3-4,10H2,1-2H3/t18-,19-/m0/s1. The van der Waals surface area contributed by atoms with Gasteiger partial charge in [-0.05, 0) is 36.2 Å². The minimum Gasteiger partial charge on any atom is -0.388 e. The van der Waals surface area contributed by atoms with Gasteiger partial charge >= 0.3 is 0 Å². The number of rotatable bonds is 7. The highest BCUT2D eigenvalue weighted by molar-refractivity contribution is 6.30. The average molecular weight is 346 g/mol. The van der Waals surface area contributed by atoms with E-state index < -0.39 is 12.0 Å². The first-order valence-electron chi connectivity index (χ1n) is 8.30. The van der Waals surface area contributed by atoms with E-state index in [0.29, 0.717) is 11.4 Å². The third-order valence-electron chi connectivity index (χ3n) is 4.25. The number of anilines is 1. The lowest BCUT2D eigenvalue weighted by molar-refractivity contribution is -0.126. The number of carbonyl (C=O) groups excluding carboxylic acids is 1. The number of para-hydroxylation sites is 1. The zero-order valence-corrected chi connectivity index (χ0v) is 14.9. The van der Waals surface area contributed by atoms with Crippen molar-refractivity contribution in [1.29, 1.82) is 0 Å². The fourth-order valence-electron chi connectivity index (χ4n) is 2.76. The summed E-state index contributed by atoms with van der Waals surface area (Å²) in [6.07, 6.45) is 1.68. The Balaban J connectivity index is 2.23. The quantitative estimate of drug-likeness (QED) is 0.779. The van der Waals surface area contributed by atoms with Gasteiger partial charge in [0.05, 0.1) is 12.0 Å². The molecule has 3 nitrogen and oxygen atoms in total. The molecule has 0 fully saturated rings. The van der Waals surface area contributed by atoms with Gasteiger partial charge in [0, 0.05) is 17.8 Å². The molecule has 0 aromatic heterocycles. The second-order valence-corrected chi connectivity index (χ2v) is 6.41. The highest BCUT2D eigenvalue weighted by atomic mass is 35.5. The summed E-state index contributed by atoms with van der Waals surface area (Å²) < 4.78 is 0. The number of nitrogens with zero attached hydrogens (tertiary/aromatic N) is 1. The normalized spacial score (nSPS) is 13.3. The van der Waals surface area contributed by atoms with Crippen LogP contribution in [0.4, 0.5) is 5.69 Å². The first kappa shape index (κ1) is 18.5. The van der Waals surface area contributed by atoms with Crippen LogP contribution in [0.25, 0.3) is 0 Å². The van der Waals surface area contributed by atoms with E-state index in [-0.39, 0.29) is 5.91 Å². The summed E-state index contributed by atoms with van der Waals surface area (Å²) in [5, 5.41) is 11.4. The highest BCUT2D eigenvalue weighted by Gasteiger charge is 2.30. The summed E-state index contributed by atoms with van der Waals surface area (Å²) in [7, 11) is 1.76. The molecule has 0 aliphatic rings. The topological polar surface area (TPSA) is 40.5 Å². The number of aliphatic hydroxyl groups is 1. The van der Waals surface area contributed by atoms with Gasteiger partial charge in [-0.25, -0.2) is 0 Å². The Morgan fingerprint density at radius 1 is 1.12 bits per heavy atom. The Morgan fingerprint density at radius 2 is 1.75 bits per heavy atom. The van der Waals surface area contributed by atoms with Crippen LogP contribution < -0.4 is 4.90 Å². The number of benzene rings is 2. The molecule has 0 unspecified atom stereocenters. The minimum absolute atomic E-state index is 0.0721. The number of carbonyl (C=O) groups is 1. The lowest BCUT2D eigenvalue weighted by Crippen LogP contribution is -2.36. The first-order chi connectivity index (χ1) is 11.5. The van der Waals surface area contributed by atoms with Crippen LogP contribution in [0, 0.1) is 5.92 Å². The largest absolute Gasteiger partial charge is 0.388 e. The molecular weight excluding hydrogens is 322 g/mol. The van der Waals surface area contributed by atoms with Gasteiger partial charge in [0.2, 0.25) is 5.91 Å². The monoisotopic (exact) mass is 345 g/mol. The predicted molar refractivity (Wildman–Crippen MR) is 99.3 cm³/mol. The predicted octanol–water partition coefficient (Wildman–Crippen LogP) is 4.84. The molecule has 0 bridgehead atoms. The number of aliphatic hydroxyl groups excluding tert-OH is 1. The second kappa shape index (κ2) is 8.86. The third kappa shape index (κ3) is 4.59. The van der Waals surface area contributed by atoms with Crippen LogP contribution in [-0.2, 0) is 4.79 Å². The first-order valence-corrected chi connectivity index (χ1v) is 8.68. The van der Waals surface area contributed by atoms with E-state index in [1.54, 1.807) is 36.2 Å². The minimum atomic E-state index is -0.840. The molecule has 0 radical (unpaired) electrons. The summed E-state index contributed by atoms with van der Waals surface area (Å²) in [6, 6.07) is 16.5. The van der Waals surface area contributed by atoms with Crippen molar-refractivity contribution < 1.29 is 9.90 Å². The Hall–Kier alpha value is -1.84. The maximum atomic E-state index is 13.0. The van der Waals surface area contributed by atoms with Crippen LogP contribution in [0.15, 0.2) is 54.6 Å². The van der Waals surface area contributed by atoms with E-state index in [1.165, 1.54) is 0 Å². The molecule has 1 N–H and O–H groups in total. The third-order valence-corrected chi connectivity index (χ3v) is 4.50. The molecule has 0 aliphatic carbocycles. The van der Waals surface area contributed by atoms with Crippen molar-refractivity contribution in [3.63, 3.8) is 0 Å². The van der Waals surface area contributed by atoms with E-state index in [2.05, 4.69) is 6.92 Å². The summed E-state index contributed by atoms with van der Waals surface area (Å²) in [4.78, 5) is 14.6. The summed E-state index contributed by atoms with van der Waals surface area (Å²) in [5.41, 5.74) is 1.54. The zero-order chi connectivity index (χ0) is 17.5. The molecule has 24 heavy (non-hydrogen) atoms. The fraction of sp³-hybridized carbons (Fsp3) is 0.350. The number of unbranched alkanes of at least 4 members (excludes halogenated alkanes) is 1. The van der Waals surface area contributed by atoms with Crippen LogP contribution >= 0.6 is 11.6 Å². The van der Waals surface area contributed by atoms with Crippen LogP contribution in [0.2, 0.25) is 5.02 Å². The molecule has 0 saturated carbocycles. The summed E-state index contributed by atoms with van der Waals surface area (Å²) >= 11 is 5.92. The zero-order valence-electron chi connectivity index (χ0n) is 14.2. The SMILES string of the molecule is CCCC[C@H](C(=O)N(C)c1ccccc1)[C@@H](O)c1ccc(Cl)cc1. The van der Waals surface area contributed by atoms with Gasteiger partial charge in [-0.2, -0.15) is 0 Å². The number of hydrogen-bond donors (Lipinski definition) is 1. The average Bonchev–Trinajstić information content (AvgIpc) is 2.62. The van der Waals surface area contributed by atoms with Gasteiger partial charge in [-0.15, -0.1) is 0 Å². The molecular formula is C20H24ClNO2. The number of hydrogen-bond acceptors (Lipinski definition) is 2. The van der Waals surface area contributed by atoms with Gasteiger partial charge < -0.3 is 10.0 Å². The molecule has 0 heterocycles. The van der Waals surface area contributed by atoms with Crippen LogP contribution in [-0.4, -0.2) is 18.1 Å². The lowest BCUT2D eigenvalue weighted by Gasteiger charge is -2.27. The van der Waals surface area contributed by atoms with Crippen molar-refractivity contribution >= 4 is 23.2 Å². The van der Waals surface area contributed by atoms with Crippen molar-refractivity contribution in [3.8, 4) is 0 Å². The van der Waals surface area contributed by atoms with Crippen molar-refractivity contribution in [2.75, 3.05) is 11.9 Å². The van der Waals surface area contributed by atoms with Crippen LogP contribution in [0.3, 0.4) is 0 Å². The van der Waals surface area contributed by atoms with E-state index in [0.717, 1.165) is 24.1 Å². The molecule has 0 saturated heterocycles. The van der Waals surface area contributed by atoms with E-state index in [9.17, 15) is 9.90 Å². The Labute approximate surface area is 148 Å². The molecule has 2 aromatic carbocycles. The Bertz CT molecular complexity index is 642. The van der Waals surface area contributed by atoms with Crippen LogP contribution in [0.1, 0.15) is 37.9 Å². The second-order valence-electron chi connectivity index (χ2n) is 5.98. The smallest absolute Gasteiger partial charge is 0.232 e. The van der Waals surface area contributed by atoms with E-state index in [4.69, 9.17) is 11.6 Å². The molecule has 0 spiro atoms. The molecule has 1 amide bonds. The number of halogens is 1. The Kier molecular flexibility index (Phi) is 6.83. The van der Waals surface area contributed by atoms with Gasteiger partial charge in [-0.1, -0.05) is 61.7 Å². The molecule has 4 heteroatoms. The van der Waals surface area contributed by atoms with Crippen molar-refractivity contribution in [3.05, 3.63) is 65.2 Å². The maximum absolute atomic E-state index is 13.0. The van der Waals surface area contributed by atoms with Gasteiger partial charge in [0.15, 0.2) is 0 Å². The molecule has 2 aromatic rings. The highest BCUT2D eigenvalue weighted by Crippen LogP contribution is 2.30. The van der Waals surface area contributed by atoms with Crippen LogP contribution in [0.5, 0.6) is 0 Å². The summed E-state index contributed by atoms with van der Waals surface area (Å²) in [5.74, 6) is -0.548. The van der Waals surface area contributed by atoms with Crippen molar-refractivity contribution in [1.82, 2.24) is 0 Å².